The molecule has 0 aromatic carbocycles. The van der Waals surface area contributed by atoms with Gasteiger partial charge >= 0.3 is 0 Å². The smallest absolute Gasteiger partial charge is 0.0419 e. The molecule has 1 fully saturated rings. The molecule has 0 aromatic rings. The number of hydrogen-bond acceptors (Lipinski definition) is 3. The molecule has 1 radical (unpaired) electrons. The van der Waals surface area contributed by atoms with Crippen LogP contribution in [0, 0.1) is 5.92 Å². The molecule has 3 nitrogen and oxygen atoms in total. The Morgan fingerprint density at radius 3 is 2.58 bits per heavy atom. The van der Waals surface area contributed by atoms with Crippen molar-refractivity contribution in [1.29, 1.82) is 0 Å². The van der Waals surface area contributed by atoms with Crippen LogP contribution in [0.1, 0.15) is 20.3 Å². The van der Waals surface area contributed by atoms with Crippen LogP contribution >= 0.6 is 0 Å². The van der Waals surface area contributed by atoms with Crippen LogP contribution in [0.4, 0.5) is 0 Å². The maximum Gasteiger partial charge on any atom is 0.0419 e. The van der Waals surface area contributed by atoms with Gasteiger partial charge in [-0.3, -0.25) is 0 Å². The summed E-state index contributed by atoms with van der Waals surface area (Å²) in [6.07, 6.45) is 1.04. The molecule has 0 spiro atoms. The van der Waals surface area contributed by atoms with Crippen molar-refractivity contribution in [3.63, 3.8) is 0 Å². The summed E-state index contributed by atoms with van der Waals surface area (Å²) in [6, 6.07) is 0. The molecule has 0 unspecified atom stereocenters. The lowest BCUT2D eigenvalue weighted by Crippen LogP contribution is -2.49. The second kappa shape index (κ2) is 3.73. The van der Waals surface area contributed by atoms with Crippen LogP contribution in [0.3, 0.4) is 0 Å². The molecule has 0 aliphatic carbocycles. The van der Waals surface area contributed by atoms with Crippen molar-refractivity contribution in [3.05, 3.63) is 5.92 Å². The molecular weight excluding hydrogens is 150 g/mol. The van der Waals surface area contributed by atoms with Gasteiger partial charge in [0.1, 0.15) is 0 Å². The molecule has 4 N–H and O–H groups in total. The lowest BCUT2D eigenvalue weighted by Gasteiger charge is -2.23. The SMILES string of the molecule is C[C](C)CN1CC[C@@](N)(CN)C1. The summed E-state index contributed by atoms with van der Waals surface area (Å²) >= 11 is 0. The maximum atomic E-state index is 6.05. The first-order chi connectivity index (χ1) is 5.56. The molecule has 0 saturated carbocycles. The Labute approximate surface area is 75.1 Å². The van der Waals surface area contributed by atoms with Crippen LogP contribution in [0.2, 0.25) is 0 Å². The quantitative estimate of drug-likeness (QED) is 0.625. The number of nitrogens with zero attached hydrogens (tertiary/aromatic N) is 1. The Balaban J connectivity index is 2.35. The van der Waals surface area contributed by atoms with Gasteiger partial charge in [0.25, 0.3) is 0 Å². The molecule has 12 heavy (non-hydrogen) atoms. The van der Waals surface area contributed by atoms with Crippen molar-refractivity contribution in [2.24, 2.45) is 11.5 Å². The fourth-order valence-electron chi connectivity index (χ4n) is 1.73. The molecule has 0 amide bonds. The summed E-state index contributed by atoms with van der Waals surface area (Å²) in [5, 5.41) is 0. The summed E-state index contributed by atoms with van der Waals surface area (Å²) in [6.45, 7) is 8.02. The molecule has 1 aliphatic rings. The second-order valence-electron chi connectivity index (χ2n) is 4.23. The molecule has 1 rings (SSSR count). The third kappa shape index (κ3) is 2.44. The zero-order chi connectivity index (χ0) is 9.19. The van der Waals surface area contributed by atoms with E-state index in [-0.39, 0.29) is 5.54 Å². The topological polar surface area (TPSA) is 55.3 Å². The normalized spacial score (nSPS) is 31.8. The van der Waals surface area contributed by atoms with E-state index in [4.69, 9.17) is 11.5 Å². The molecule has 1 atom stereocenters. The molecule has 0 aromatic heterocycles. The van der Waals surface area contributed by atoms with Gasteiger partial charge in [-0.05, 0) is 12.3 Å². The third-order valence-electron chi connectivity index (χ3n) is 2.41. The first kappa shape index (κ1) is 9.96. The minimum atomic E-state index is -0.116. The molecule has 71 valence electrons. The monoisotopic (exact) mass is 170 g/mol. The van der Waals surface area contributed by atoms with Crippen LogP contribution in [0.5, 0.6) is 0 Å². The van der Waals surface area contributed by atoms with Gasteiger partial charge in [0.2, 0.25) is 0 Å². The van der Waals surface area contributed by atoms with E-state index in [0.717, 1.165) is 26.1 Å². The zero-order valence-corrected chi connectivity index (χ0v) is 8.14. The highest BCUT2D eigenvalue weighted by Crippen LogP contribution is 2.18. The van der Waals surface area contributed by atoms with Crippen molar-refractivity contribution in [2.75, 3.05) is 26.2 Å². The average molecular weight is 170 g/mol. The number of hydrogen-bond donors (Lipinski definition) is 2. The van der Waals surface area contributed by atoms with Crippen LogP contribution in [0.25, 0.3) is 0 Å². The second-order valence-corrected chi connectivity index (χ2v) is 4.23. The number of rotatable bonds is 3. The van der Waals surface area contributed by atoms with E-state index >= 15 is 0 Å². The van der Waals surface area contributed by atoms with Gasteiger partial charge in [-0.25, -0.2) is 0 Å². The van der Waals surface area contributed by atoms with Gasteiger partial charge in [0.05, 0.1) is 0 Å². The highest BCUT2D eigenvalue weighted by Gasteiger charge is 2.32. The molecule has 1 heterocycles. The highest BCUT2D eigenvalue weighted by atomic mass is 15.2. The lowest BCUT2D eigenvalue weighted by molar-refractivity contribution is 0.323. The van der Waals surface area contributed by atoms with Crippen molar-refractivity contribution in [2.45, 2.75) is 25.8 Å². The van der Waals surface area contributed by atoms with Crippen molar-refractivity contribution < 1.29 is 0 Å². The fraction of sp³-hybridized carbons (Fsp3) is 0.889. The van der Waals surface area contributed by atoms with Crippen molar-refractivity contribution in [1.82, 2.24) is 4.90 Å². The Morgan fingerprint density at radius 1 is 1.50 bits per heavy atom. The number of likely N-dealkylation sites (tertiary alicyclic amines) is 1. The predicted octanol–water partition coefficient (Wildman–Crippen LogP) is -0.0374. The molecule has 1 aliphatic heterocycles. The van der Waals surface area contributed by atoms with Gasteiger partial charge < -0.3 is 16.4 Å². The summed E-state index contributed by atoms with van der Waals surface area (Å²) in [5.74, 6) is 1.44. The molecule has 1 saturated heterocycles. The van der Waals surface area contributed by atoms with Gasteiger partial charge in [-0.15, -0.1) is 0 Å². The lowest BCUT2D eigenvalue weighted by atomic mass is 10.0. The van der Waals surface area contributed by atoms with Gasteiger partial charge in [0, 0.05) is 31.7 Å². The van der Waals surface area contributed by atoms with Gasteiger partial charge in [-0.1, -0.05) is 13.8 Å². The Bertz CT molecular complexity index is 147. The molecule has 0 bridgehead atoms. The third-order valence-corrected chi connectivity index (χ3v) is 2.41. The van der Waals surface area contributed by atoms with Crippen LogP contribution in [-0.2, 0) is 0 Å². The predicted molar refractivity (Wildman–Crippen MR) is 51.6 cm³/mol. The van der Waals surface area contributed by atoms with Crippen molar-refractivity contribution in [3.8, 4) is 0 Å². The van der Waals surface area contributed by atoms with E-state index in [0.29, 0.717) is 6.54 Å². The summed E-state index contributed by atoms with van der Waals surface area (Å²) in [5.41, 5.74) is 11.5. The van der Waals surface area contributed by atoms with Crippen LogP contribution < -0.4 is 11.5 Å². The maximum absolute atomic E-state index is 6.05. The summed E-state index contributed by atoms with van der Waals surface area (Å²) < 4.78 is 0. The first-order valence-corrected chi connectivity index (χ1v) is 4.56. The summed E-state index contributed by atoms with van der Waals surface area (Å²) in [4.78, 5) is 2.38. The standard InChI is InChI=1S/C9H20N3/c1-8(2)5-12-4-3-9(11,6-10)7-12/h3-7,10-11H2,1-2H3/t9-/m1/s1. The average Bonchev–Trinajstić information content (AvgIpc) is 2.32. The van der Waals surface area contributed by atoms with E-state index in [1.54, 1.807) is 0 Å². The van der Waals surface area contributed by atoms with E-state index in [9.17, 15) is 0 Å². The van der Waals surface area contributed by atoms with E-state index < -0.39 is 0 Å². The van der Waals surface area contributed by atoms with Crippen LogP contribution in [-0.4, -0.2) is 36.6 Å². The minimum Gasteiger partial charge on any atom is -0.329 e. The Morgan fingerprint density at radius 2 is 2.17 bits per heavy atom. The Kier molecular flexibility index (Phi) is 3.09. The summed E-state index contributed by atoms with van der Waals surface area (Å²) in [7, 11) is 0. The Hall–Kier alpha value is -0.120. The first-order valence-electron chi connectivity index (χ1n) is 4.56. The van der Waals surface area contributed by atoms with E-state index in [2.05, 4.69) is 18.7 Å². The largest absolute Gasteiger partial charge is 0.329 e. The zero-order valence-electron chi connectivity index (χ0n) is 8.14. The minimum absolute atomic E-state index is 0.116. The van der Waals surface area contributed by atoms with E-state index in [1.807, 2.05) is 0 Å². The van der Waals surface area contributed by atoms with Crippen LogP contribution in [0.15, 0.2) is 0 Å². The highest BCUT2D eigenvalue weighted by molar-refractivity contribution is 4.97. The number of nitrogens with two attached hydrogens (primary N) is 2. The van der Waals surface area contributed by atoms with Crippen molar-refractivity contribution >= 4 is 0 Å². The molecule has 3 heteroatoms. The van der Waals surface area contributed by atoms with Gasteiger partial charge in [0.15, 0.2) is 0 Å². The molecular formula is C9H20N3. The van der Waals surface area contributed by atoms with Gasteiger partial charge in [-0.2, -0.15) is 0 Å². The van der Waals surface area contributed by atoms with E-state index in [1.165, 1.54) is 5.92 Å². The fourth-order valence-corrected chi connectivity index (χ4v) is 1.73.